The van der Waals surface area contributed by atoms with Crippen LogP contribution in [0.1, 0.15) is 63.4 Å². The van der Waals surface area contributed by atoms with Gasteiger partial charge in [0.15, 0.2) is 0 Å². The monoisotopic (exact) mass is 366 g/mol. The van der Waals surface area contributed by atoms with Crippen LogP contribution in [0.4, 0.5) is 0 Å². The van der Waals surface area contributed by atoms with Crippen LogP contribution in [0.3, 0.4) is 0 Å². The minimum atomic E-state index is -0.720. The van der Waals surface area contributed by atoms with Crippen LogP contribution in [0.2, 0.25) is 0 Å². The van der Waals surface area contributed by atoms with E-state index >= 15 is 0 Å². The number of rotatable bonds is 3. The summed E-state index contributed by atoms with van der Waals surface area (Å²) in [4.78, 5) is 12.7. The molecular formula is C24H30O3. The van der Waals surface area contributed by atoms with E-state index < -0.39 is 5.60 Å². The first-order valence-electron chi connectivity index (χ1n) is 11.1. The highest BCUT2D eigenvalue weighted by molar-refractivity contribution is 5.76. The minimum absolute atomic E-state index is 0.0450. The Morgan fingerprint density at radius 3 is 2.30 bits per heavy atom. The zero-order valence-electron chi connectivity index (χ0n) is 16.0. The number of esters is 1. The molecule has 0 radical (unpaired) electrons. The van der Waals surface area contributed by atoms with Crippen LogP contribution in [0, 0.1) is 41.4 Å². The van der Waals surface area contributed by atoms with Crippen molar-refractivity contribution in [3.8, 4) is 5.75 Å². The first kappa shape index (κ1) is 16.6. The van der Waals surface area contributed by atoms with Crippen molar-refractivity contribution >= 4 is 5.97 Å². The lowest BCUT2D eigenvalue weighted by Gasteiger charge is -2.59. The van der Waals surface area contributed by atoms with Crippen molar-refractivity contribution in [2.45, 2.75) is 63.4 Å². The van der Waals surface area contributed by atoms with Crippen LogP contribution in [-0.2, 0) is 10.4 Å². The van der Waals surface area contributed by atoms with Crippen LogP contribution in [0.15, 0.2) is 24.3 Å². The first-order chi connectivity index (χ1) is 13.1. The van der Waals surface area contributed by atoms with Crippen LogP contribution in [-0.4, -0.2) is 11.1 Å². The molecule has 3 heteroatoms. The van der Waals surface area contributed by atoms with E-state index in [1.165, 1.54) is 51.4 Å². The largest absolute Gasteiger partial charge is 0.426 e. The van der Waals surface area contributed by atoms with E-state index in [-0.39, 0.29) is 11.9 Å². The highest BCUT2D eigenvalue weighted by Crippen LogP contribution is 2.61. The van der Waals surface area contributed by atoms with E-state index in [1.54, 1.807) is 0 Å². The summed E-state index contributed by atoms with van der Waals surface area (Å²) in [5.41, 5.74) is 0.261. The molecule has 0 aliphatic heterocycles. The lowest BCUT2D eigenvalue weighted by molar-refractivity contribution is -0.179. The van der Waals surface area contributed by atoms with E-state index in [4.69, 9.17) is 4.74 Å². The topological polar surface area (TPSA) is 46.5 Å². The van der Waals surface area contributed by atoms with Gasteiger partial charge in [-0.3, -0.25) is 4.79 Å². The van der Waals surface area contributed by atoms with Gasteiger partial charge in [-0.05, 0) is 105 Å². The third kappa shape index (κ3) is 2.46. The van der Waals surface area contributed by atoms with E-state index in [9.17, 15) is 9.90 Å². The zero-order valence-corrected chi connectivity index (χ0v) is 16.0. The van der Waals surface area contributed by atoms with Gasteiger partial charge in [0.25, 0.3) is 0 Å². The number of fused-ring (bicyclic) bond motifs is 2. The van der Waals surface area contributed by atoms with Crippen LogP contribution in [0.25, 0.3) is 0 Å². The maximum Gasteiger partial charge on any atom is 0.314 e. The summed E-state index contributed by atoms with van der Waals surface area (Å²) in [6.45, 7) is 0. The molecule has 7 rings (SSSR count). The number of aliphatic hydroxyl groups is 1. The molecule has 6 aliphatic carbocycles. The molecule has 1 aromatic carbocycles. The van der Waals surface area contributed by atoms with Gasteiger partial charge in [-0.1, -0.05) is 18.6 Å². The summed E-state index contributed by atoms with van der Waals surface area (Å²) < 4.78 is 5.83. The van der Waals surface area contributed by atoms with Crippen LogP contribution < -0.4 is 4.74 Å². The predicted octanol–water partition coefficient (Wildman–Crippen LogP) is 4.67. The number of ether oxygens (including phenoxy) is 1. The minimum Gasteiger partial charge on any atom is -0.426 e. The molecule has 0 saturated heterocycles. The zero-order chi connectivity index (χ0) is 18.2. The van der Waals surface area contributed by atoms with Crippen LogP contribution in [0.5, 0.6) is 5.75 Å². The SMILES string of the molecule is O=C(Oc1cccc(C2(O)C3CC4CC(C3)CC2C4)c1)C1CC2CCC1C2. The maximum atomic E-state index is 12.7. The number of hydrogen-bond donors (Lipinski definition) is 1. The fourth-order valence-corrected chi connectivity index (χ4v) is 7.91. The van der Waals surface area contributed by atoms with Gasteiger partial charge in [-0.15, -0.1) is 0 Å². The summed E-state index contributed by atoms with van der Waals surface area (Å²) in [5, 5.41) is 11.8. The van der Waals surface area contributed by atoms with Crippen molar-refractivity contribution in [2.24, 2.45) is 41.4 Å². The molecule has 3 nitrogen and oxygen atoms in total. The summed E-state index contributed by atoms with van der Waals surface area (Å²) in [6, 6.07) is 7.86. The van der Waals surface area contributed by atoms with Crippen molar-refractivity contribution in [2.75, 3.05) is 0 Å². The fraction of sp³-hybridized carbons (Fsp3) is 0.708. The second-order valence-corrected chi connectivity index (χ2v) is 10.4. The van der Waals surface area contributed by atoms with Crippen molar-refractivity contribution in [3.05, 3.63) is 29.8 Å². The number of carbonyl (C=O) groups is 1. The van der Waals surface area contributed by atoms with Gasteiger partial charge < -0.3 is 9.84 Å². The summed E-state index contributed by atoms with van der Waals surface area (Å²) in [6.07, 6.45) is 10.8. The Labute approximate surface area is 161 Å². The number of hydrogen-bond acceptors (Lipinski definition) is 3. The molecular weight excluding hydrogens is 336 g/mol. The second kappa shape index (κ2) is 5.83. The molecule has 6 bridgehead atoms. The molecule has 27 heavy (non-hydrogen) atoms. The summed E-state index contributed by atoms with van der Waals surface area (Å²) in [5.74, 6) is 4.37. The Kier molecular flexibility index (Phi) is 3.58. The Morgan fingerprint density at radius 1 is 0.926 bits per heavy atom. The van der Waals surface area contributed by atoms with Gasteiger partial charge in [0.1, 0.15) is 5.75 Å². The quantitative estimate of drug-likeness (QED) is 0.624. The number of carbonyl (C=O) groups excluding carboxylic acids is 1. The Bertz CT molecular complexity index is 741. The molecule has 0 spiro atoms. The normalized spacial score (nSPS) is 46.8. The van der Waals surface area contributed by atoms with Crippen molar-refractivity contribution in [1.82, 2.24) is 0 Å². The van der Waals surface area contributed by atoms with Gasteiger partial charge in [0, 0.05) is 0 Å². The lowest BCUT2D eigenvalue weighted by atomic mass is 9.48. The van der Waals surface area contributed by atoms with Crippen molar-refractivity contribution < 1.29 is 14.6 Å². The molecule has 0 aromatic heterocycles. The van der Waals surface area contributed by atoms with Crippen molar-refractivity contribution in [3.63, 3.8) is 0 Å². The highest BCUT2D eigenvalue weighted by Gasteiger charge is 2.57. The first-order valence-corrected chi connectivity index (χ1v) is 11.1. The highest BCUT2D eigenvalue weighted by atomic mass is 16.5. The molecule has 0 heterocycles. The van der Waals surface area contributed by atoms with E-state index in [0.29, 0.717) is 23.5 Å². The van der Waals surface area contributed by atoms with E-state index in [0.717, 1.165) is 29.7 Å². The molecule has 3 atom stereocenters. The third-order valence-corrected chi connectivity index (χ3v) is 8.94. The van der Waals surface area contributed by atoms with Crippen LogP contribution >= 0.6 is 0 Å². The smallest absolute Gasteiger partial charge is 0.314 e. The second-order valence-electron chi connectivity index (χ2n) is 10.4. The standard InChI is InChI=1S/C24H30O3/c25-23(22-12-14-4-5-17(22)7-14)27-21-3-1-2-18(13-21)24(26)19-8-15-6-16(10-19)11-20(24)9-15/h1-3,13-17,19-20,22,26H,4-12H2. The predicted molar refractivity (Wildman–Crippen MR) is 102 cm³/mol. The van der Waals surface area contributed by atoms with E-state index in [1.807, 2.05) is 18.2 Å². The van der Waals surface area contributed by atoms with Gasteiger partial charge in [-0.2, -0.15) is 0 Å². The molecule has 1 N–H and O–H groups in total. The molecule has 144 valence electrons. The molecule has 6 fully saturated rings. The van der Waals surface area contributed by atoms with Gasteiger partial charge >= 0.3 is 5.97 Å². The molecule has 6 aliphatic rings. The lowest BCUT2D eigenvalue weighted by Crippen LogP contribution is -2.55. The Hall–Kier alpha value is -1.35. The maximum absolute atomic E-state index is 12.7. The average molecular weight is 367 g/mol. The Balaban J connectivity index is 1.24. The fourth-order valence-electron chi connectivity index (χ4n) is 7.91. The Morgan fingerprint density at radius 2 is 1.67 bits per heavy atom. The summed E-state index contributed by atoms with van der Waals surface area (Å²) >= 11 is 0. The third-order valence-electron chi connectivity index (χ3n) is 8.94. The average Bonchev–Trinajstić information content (AvgIpc) is 3.29. The molecule has 3 unspecified atom stereocenters. The van der Waals surface area contributed by atoms with E-state index in [2.05, 4.69) is 6.07 Å². The molecule has 0 amide bonds. The van der Waals surface area contributed by atoms with Gasteiger partial charge in [-0.25, -0.2) is 0 Å². The van der Waals surface area contributed by atoms with Gasteiger partial charge in [0.05, 0.1) is 11.5 Å². The van der Waals surface area contributed by atoms with Crippen molar-refractivity contribution in [1.29, 1.82) is 0 Å². The summed E-state index contributed by atoms with van der Waals surface area (Å²) in [7, 11) is 0. The number of benzene rings is 1. The van der Waals surface area contributed by atoms with Gasteiger partial charge in [0.2, 0.25) is 0 Å². The molecule has 6 saturated carbocycles. The molecule has 1 aromatic rings.